The Morgan fingerprint density at radius 3 is 2.26 bits per heavy atom. The molecule has 1 N–H and O–H groups in total. The van der Waals surface area contributed by atoms with Gasteiger partial charge in [-0.3, -0.25) is 0 Å². The van der Waals surface area contributed by atoms with Crippen molar-refractivity contribution in [2.75, 3.05) is 0 Å². The smallest absolute Gasteiger partial charge is 0.124 e. The van der Waals surface area contributed by atoms with Gasteiger partial charge in [0.15, 0.2) is 0 Å². The van der Waals surface area contributed by atoms with Crippen LogP contribution >= 0.6 is 23.2 Å². The van der Waals surface area contributed by atoms with Crippen molar-refractivity contribution in [3.63, 3.8) is 0 Å². The Kier molecular flexibility index (Phi) is 4.40. The third-order valence-corrected chi connectivity index (χ3v) is 3.44. The third kappa shape index (κ3) is 3.44. The van der Waals surface area contributed by atoms with Gasteiger partial charge in [0.1, 0.15) is 11.6 Å². The van der Waals surface area contributed by atoms with E-state index in [1.807, 2.05) is 0 Å². The first kappa shape index (κ1) is 14.3. The Morgan fingerprint density at radius 1 is 0.947 bits per heavy atom. The van der Waals surface area contributed by atoms with Crippen molar-refractivity contribution in [1.82, 2.24) is 0 Å². The molecule has 0 bridgehead atoms. The van der Waals surface area contributed by atoms with Gasteiger partial charge in [0.2, 0.25) is 0 Å². The second-order valence-electron chi connectivity index (χ2n) is 4.12. The zero-order valence-corrected chi connectivity index (χ0v) is 11.2. The molecule has 0 spiro atoms. The summed E-state index contributed by atoms with van der Waals surface area (Å²) in [5, 5.41) is 10.6. The first-order chi connectivity index (χ1) is 8.97. The highest BCUT2D eigenvalue weighted by molar-refractivity contribution is 6.31. The van der Waals surface area contributed by atoms with Crippen molar-refractivity contribution in [1.29, 1.82) is 0 Å². The van der Waals surface area contributed by atoms with Gasteiger partial charge >= 0.3 is 0 Å². The molecular weight excluding hydrogens is 293 g/mol. The van der Waals surface area contributed by atoms with Crippen LogP contribution in [-0.2, 0) is 6.42 Å². The highest BCUT2D eigenvalue weighted by Gasteiger charge is 2.15. The van der Waals surface area contributed by atoms with Crippen LogP contribution in [0.15, 0.2) is 36.4 Å². The summed E-state index contributed by atoms with van der Waals surface area (Å²) in [7, 11) is 0. The predicted octanol–water partition coefficient (Wildman–Crippen LogP) is 4.55. The first-order valence-corrected chi connectivity index (χ1v) is 6.30. The summed E-state index contributed by atoms with van der Waals surface area (Å²) in [4.78, 5) is 0. The van der Waals surface area contributed by atoms with Crippen molar-refractivity contribution in [3.05, 3.63) is 69.2 Å². The summed E-state index contributed by atoms with van der Waals surface area (Å²) in [5.41, 5.74) is 0.845. The van der Waals surface area contributed by atoms with E-state index in [0.29, 0.717) is 16.1 Å². The molecule has 0 heterocycles. The van der Waals surface area contributed by atoms with Crippen molar-refractivity contribution in [2.24, 2.45) is 0 Å². The lowest BCUT2D eigenvalue weighted by Crippen LogP contribution is -2.03. The molecule has 0 saturated carbocycles. The Hall–Kier alpha value is -1.16. The molecule has 0 fully saturated rings. The molecule has 0 aromatic heterocycles. The van der Waals surface area contributed by atoms with Crippen LogP contribution < -0.4 is 0 Å². The molecule has 0 aliphatic carbocycles. The minimum Gasteiger partial charge on any atom is -0.388 e. The van der Waals surface area contributed by atoms with Crippen LogP contribution in [-0.4, -0.2) is 5.11 Å². The maximum absolute atomic E-state index is 13.1. The van der Waals surface area contributed by atoms with E-state index in [4.69, 9.17) is 23.2 Å². The molecule has 0 saturated heterocycles. The number of hydrogen-bond donors (Lipinski definition) is 1. The summed E-state index contributed by atoms with van der Waals surface area (Å²) in [6.45, 7) is 0. The van der Waals surface area contributed by atoms with Gasteiger partial charge in [-0.15, -0.1) is 0 Å². The van der Waals surface area contributed by atoms with Gasteiger partial charge in [0.05, 0.1) is 6.10 Å². The maximum atomic E-state index is 13.1. The molecule has 5 heteroatoms. The van der Waals surface area contributed by atoms with Crippen LogP contribution in [0.2, 0.25) is 10.0 Å². The average molecular weight is 303 g/mol. The minimum atomic E-state index is -0.979. The second kappa shape index (κ2) is 5.87. The molecule has 2 aromatic carbocycles. The van der Waals surface area contributed by atoms with Gasteiger partial charge in [-0.2, -0.15) is 0 Å². The summed E-state index contributed by atoms with van der Waals surface area (Å²) in [6.07, 6.45) is -0.880. The molecule has 0 aliphatic rings. The summed E-state index contributed by atoms with van der Waals surface area (Å²) in [5.74, 6) is -0.915. The van der Waals surface area contributed by atoms with E-state index < -0.39 is 17.7 Å². The fourth-order valence-electron chi connectivity index (χ4n) is 1.79. The lowest BCUT2D eigenvalue weighted by atomic mass is 10.0. The average Bonchev–Trinajstić information content (AvgIpc) is 2.33. The molecule has 0 radical (unpaired) electrons. The maximum Gasteiger partial charge on any atom is 0.124 e. The zero-order chi connectivity index (χ0) is 14.0. The molecule has 2 aromatic rings. The summed E-state index contributed by atoms with van der Waals surface area (Å²) < 4.78 is 26.0. The Balaban J connectivity index is 2.25. The topological polar surface area (TPSA) is 20.2 Å². The van der Waals surface area contributed by atoms with E-state index in [9.17, 15) is 13.9 Å². The normalized spacial score (nSPS) is 12.5. The van der Waals surface area contributed by atoms with E-state index in [2.05, 4.69) is 0 Å². The van der Waals surface area contributed by atoms with Crippen molar-refractivity contribution in [2.45, 2.75) is 12.5 Å². The van der Waals surface area contributed by atoms with Crippen molar-refractivity contribution in [3.8, 4) is 0 Å². The van der Waals surface area contributed by atoms with Gasteiger partial charge in [0, 0.05) is 16.5 Å². The van der Waals surface area contributed by atoms with E-state index in [1.54, 1.807) is 0 Å². The van der Waals surface area contributed by atoms with Crippen LogP contribution in [0.1, 0.15) is 17.2 Å². The molecule has 19 heavy (non-hydrogen) atoms. The molecule has 1 unspecified atom stereocenters. The highest BCUT2D eigenvalue weighted by Crippen LogP contribution is 2.28. The standard InChI is InChI=1S/C14H10Cl2F2O/c15-12-4-2-9(17)5-8(12)6-14(19)11-3-1-10(18)7-13(11)16/h1-5,7,14,19H,6H2. The predicted molar refractivity (Wildman–Crippen MR) is 71.5 cm³/mol. The molecule has 0 amide bonds. The molecule has 2 rings (SSSR count). The van der Waals surface area contributed by atoms with Gasteiger partial charge < -0.3 is 5.11 Å². The minimum absolute atomic E-state index is 0.0992. The number of aliphatic hydroxyl groups is 1. The quantitative estimate of drug-likeness (QED) is 0.882. The number of benzene rings is 2. The van der Waals surface area contributed by atoms with E-state index in [0.717, 1.165) is 6.07 Å². The molecule has 0 aliphatic heterocycles. The zero-order valence-electron chi connectivity index (χ0n) is 9.71. The van der Waals surface area contributed by atoms with Crippen LogP contribution in [0, 0.1) is 11.6 Å². The molecule has 1 nitrogen and oxygen atoms in total. The van der Waals surface area contributed by atoms with E-state index >= 15 is 0 Å². The van der Waals surface area contributed by atoms with E-state index in [-0.39, 0.29) is 11.4 Å². The van der Waals surface area contributed by atoms with Crippen LogP contribution in [0.3, 0.4) is 0 Å². The van der Waals surface area contributed by atoms with Crippen molar-refractivity contribution >= 4 is 23.2 Å². The van der Waals surface area contributed by atoms with Gasteiger partial charge in [-0.05, 0) is 41.5 Å². The number of halogens is 4. The Bertz CT molecular complexity index is 602. The van der Waals surface area contributed by atoms with E-state index in [1.165, 1.54) is 30.3 Å². The number of hydrogen-bond acceptors (Lipinski definition) is 1. The summed E-state index contributed by atoms with van der Waals surface area (Å²) in [6, 6.07) is 7.64. The van der Waals surface area contributed by atoms with Crippen LogP contribution in [0.4, 0.5) is 8.78 Å². The molecule has 1 atom stereocenters. The lowest BCUT2D eigenvalue weighted by Gasteiger charge is -2.14. The fourth-order valence-corrected chi connectivity index (χ4v) is 2.28. The highest BCUT2D eigenvalue weighted by atomic mass is 35.5. The van der Waals surface area contributed by atoms with Crippen molar-refractivity contribution < 1.29 is 13.9 Å². The largest absolute Gasteiger partial charge is 0.388 e. The van der Waals surface area contributed by atoms with Gasteiger partial charge in [0.25, 0.3) is 0 Å². The Morgan fingerprint density at radius 2 is 1.58 bits per heavy atom. The number of rotatable bonds is 3. The molecular formula is C14H10Cl2F2O. The Labute approximate surface area is 119 Å². The molecule has 100 valence electrons. The lowest BCUT2D eigenvalue weighted by molar-refractivity contribution is 0.178. The monoisotopic (exact) mass is 302 g/mol. The van der Waals surface area contributed by atoms with Gasteiger partial charge in [-0.25, -0.2) is 8.78 Å². The number of aliphatic hydroxyl groups excluding tert-OH is 1. The van der Waals surface area contributed by atoms with Gasteiger partial charge in [-0.1, -0.05) is 29.3 Å². The fraction of sp³-hybridized carbons (Fsp3) is 0.143. The SMILES string of the molecule is OC(Cc1cc(F)ccc1Cl)c1ccc(F)cc1Cl. The first-order valence-electron chi connectivity index (χ1n) is 5.54. The van der Waals surface area contributed by atoms with Crippen LogP contribution in [0.25, 0.3) is 0 Å². The second-order valence-corrected chi connectivity index (χ2v) is 4.94. The third-order valence-electron chi connectivity index (χ3n) is 2.74. The van der Waals surface area contributed by atoms with Crippen LogP contribution in [0.5, 0.6) is 0 Å². The summed E-state index contributed by atoms with van der Waals surface area (Å²) >= 11 is 11.8.